The van der Waals surface area contributed by atoms with Crippen molar-refractivity contribution in [3.63, 3.8) is 0 Å². The largest absolute Gasteiger partial charge is 0.345 e. The zero-order valence-electron chi connectivity index (χ0n) is 16.2. The number of amides is 1. The molecule has 0 aromatic carbocycles. The van der Waals surface area contributed by atoms with Crippen LogP contribution >= 0.6 is 11.3 Å². The highest BCUT2D eigenvalue weighted by molar-refractivity contribution is 7.15. The first-order valence-corrected chi connectivity index (χ1v) is 10.4. The number of carbonyl (C=O) groups is 1. The first kappa shape index (κ1) is 19.3. The lowest BCUT2D eigenvalue weighted by molar-refractivity contribution is -0.127. The Hall–Kier alpha value is -3.07. The summed E-state index contributed by atoms with van der Waals surface area (Å²) in [6.07, 6.45) is 13.0. The highest BCUT2D eigenvalue weighted by Crippen LogP contribution is 2.23. The number of thiazole rings is 1. The van der Waals surface area contributed by atoms with E-state index >= 15 is 0 Å². The Kier molecular flexibility index (Phi) is 5.95. The van der Waals surface area contributed by atoms with Gasteiger partial charge in [-0.2, -0.15) is 0 Å². The minimum atomic E-state index is 0.0356. The van der Waals surface area contributed by atoms with Crippen molar-refractivity contribution in [3.05, 3.63) is 53.5 Å². The molecule has 1 saturated heterocycles. The van der Waals surface area contributed by atoms with Gasteiger partial charge in [0, 0.05) is 42.0 Å². The number of piperidine rings is 1. The maximum absolute atomic E-state index is 12.5. The molecule has 8 nitrogen and oxygen atoms in total. The highest BCUT2D eigenvalue weighted by atomic mass is 32.1. The Morgan fingerprint density at radius 3 is 3.10 bits per heavy atom. The third-order valence-corrected chi connectivity index (χ3v) is 5.66. The van der Waals surface area contributed by atoms with Gasteiger partial charge in [0.05, 0.1) is 18.2 Å². The summed E-state index contributed by atoms with van der Waals surface area (Å²) in [5, 5.41) is 4.06. The van der Waals surface area contributed by atoms with E-state index < -0.39 is 0 Å². The Morgan fingerprint density at radius 2 is 2.31 bits per heavy atom. The van der Waals surface area contributed by atoms with Crippen LogP contribution in [-0.2, 0) is 11.2 Å². The average molecular weight is 410 g/mol. The van der Waals surface area contributed by atoms with Crippen LogP contribution in [0.3, 0.4) is 0 Å². The van der Waals surface area contributed by atoms with E-state index in [4.69, 9.17) is 0 Å². The van der Waals surface area contributed by atoms with Crippen LogP contribution in [0.1, 0.15) is 29.1 Å². The molecule has 4 rings (SSSR count). The Labute approximate surface area is 173 Å². The average Bonchev–Trinajstić information content (AvgIpc) is 3.38. The number of likely N-dealkylation sites (tertiary alicyclic amines) is 1. The van der Waals surface area contributed by atoms with Gasteiger partial charge in [-0.15, -0.1) is 11.3 Å². The Balaban J connectivity index is 1.35. The van der Waals surface area contributed by atoms with Crippen molar-refractivity contribution in [1.82, 2.24) is 29.8 Å². The van der Waals surface area contributed by atoms with Crippen molar-refractivity contribution in [2.45, 2.75) is 26.2 Å². The summed E-state index contributed by atoms with van der Waals surface area (Å²) in [4.78, 5) is 35.5. The summed E-state index contributed by atoms with van der Waals surface area (Å²) < 4.78 is 0. The van der Waals surface area contributed by atoms with E-state index in [1.807, 2.05) is 24.1 Å². The number of H-pyrrole nitrogens is 1. The van der Waals surface area contributed by atoms with Crippen molar-refractivity contribution >= 4 is 34.3 Å². The predicted octanol–water partition coefficient (Wildman–Crippen LogP) is 3.20. The van der Waals surface area contributed by atoms with Gasteiger partial charge in [-0.25, -0.2) is 19.9 Å². The summed E-state index contributed by atoms with van der Waals surface area (Å²) in [6.45, 7) is 3.56. The van der Waals surface area contributed by atoms with Gasteiger partial charge in [0.2, 0.25) is 5.91 Å². The minimum absolute atomic E-state index is 0.0356. The molecule has 0 aliphatic carbocycles. The van der Waals surface area contributed by atoms with Crippen molar-refractivity contribution in [1.29, 1.82) is 0 Å². The molecule has 1 aliphatic rings. The van der Waals surface area contributed by atoms with Crippen LogP contribution in [0.25, 0.3) is 6.08 Å². The molecule has 1 amide bonds. The van der Waals surface area contributed by atoms with Crippen LogP contribution in [0.4, 0.5) is 10.9 Å². The second-order valence-electron chi connectivity index (χ2n) is 7.13. The van der Waals surface area contributed by atoms with Gasteiger partial charge in [-0.05, 0) is 38.2 Å². The van der Waals surface area contributed by atoms with E-state index in [0.717, 1.165) is 59.6 Å². The normalized spacial score (nSPS) is 17.0. The number of anilines is 2. The molecule has 1 unspecified atom stereocenters. The molecule has 0 radical (unpaired) electrons. The molecule has 3 aromatic rings. The van der Waals surface area contributed by atoms with Crippen LogP contribution in [0.2, 0.25) is 0 Å². The van der Waals surface area contributed by atoms with Crippen LogP contribution in [0.5, 0.6) is 0 Å². The number of imidazole rings is 1. The SMILES string of the molecule is Cc1cnc(Nc2cc(CC3CCCN(C(=O)/C=C/c4cnc[nH]4)C3)ncn2)s1. The van der Waals surface area contributed by atoms with Gasteiger partial charge in [0.15, 0.2) is 5.13 Å². The molecule has 4 heterocycles. The lowest BCUT2D eigenvalue weighted by atomic mass is 9.93. The van der Waals surface area contributed by atoms with Crippen molar-refractivity contribution in [2.24, 2.45) is 5.92 Å². The molecule has 0 saturated carbocycles. The first-order chi connectivity index (χ1) is 14.2. The fraction of sp³-hybridized carbons (Fsp3) is 0.350. The van der Waals surface area contributed by atoms with E-state index in [9.17, 15) is 4.79 Å². The number of hydrogen-bond acceptors (Lipinski definition) is 7. The number of nitrogens with zero attached hydrogens (tertiary/aromatic N) is 5. The third-order valence-electron chi connectivity index (χ3n) is 4.83. The van der Waals surface area contributed by atoms with Crippen LogP contribution in [-0.4, -0.2) is 48.8 Å². The van der Waals surface area contributed by atoms with Gasteiger partial charge in [0.25, 0.3) is 0 Å². The van der Waals surface area contributed by atoms with E-state index in [1.54, 1.807) is 42.3 Å². The number of hydrogen-bond donors (Lipinski definition) is 2. The lowest BCUT2D eigenvalue weighted by Gasteiger charge is -2.32. The smallest absolute Gasteiger partial charge is 0.246 e. The van der Waals surface area contributed by atoms with Gasteiger partial charge < -0.3 is 15.2 Å². The number of nitrogens with one attached hydrogen (secondary N) is 2. The molecule has 1 atom stereocenters. The number of carbonyl (C=O) groups excluding carboxylic acids is 1. The summed E-state index contributed by atoms with van der Waals surface area (Å²) in [5.74, 6) is 1.17. The van der Waals surface area contributed by atoms with Crippen molar-refractivity contribution in [2.75, 3.05) is 18.4 Å². The molecule has 2 N–H and O–H groups in total. The fourth-order valence-corrected chi connectivity index (χ4v) is 4.12. The summed E-state index contributed by atoms with van der Waals surface area (Å²) in [6, 6.07) is 1.97. The standard InChI is InChI=1S/C20H23N7OS/c1-14-9-22-20(29-14)26-18-8-17(24-13-25-18)7-15-3-2-6-27(11-15)19(28)5-4-16-10-21-12-23-16/h4-5,8-10,12-13,15H,2-3,6-7,11H2,1H3,(H,21,23)(H,22,24,25,26)/b5-4+. The molecular weight excluding hydrogens is 386 g/mol. The number of aromatic nitrogens is 5. The summed E-state index contributed by atoms with van der Waals surface area (Å²) in [5.41, 5.74) is 1.80. The third kappa shape index (κ3) is 5.26. The van der Waals surface area contributed by atoms with Crippen LogP contribution in [0.15, 0.2) is 37.2 Å². The molecule has 1 fully saturated rings. The van der Waals surface area contributed by atoms with Crippen molar-refractivity contribution < 1.29 is 4.79 Å². The molecule has 3 aromatic heterocycles. The second kappa shape index (κ2) is 8.95. The first-order valence-electron chi connectivity index (χ1n) is 9.61. The lowest BCUT2D eigenvalue weighted by Crippen LogP contribution is -2.39. The molecule has 0 spiro atoms. The molecule has 1 aliphatic heterocycles. The van der Waals surface area contributed by atoms with Gasteiger partial charge >= 0.3 is 0 Å². The second-order valence-corrected chi connectivity index (χ2v) is 8.37. The Morgan fingerprint density at radius 1 is 1.38 bits per heavy atom. The number of aromatic amines is 1. The maximum Gasteiger partial charge on any atom is 0.246 e. The van der Waals surface area contributed by atoms with Crippen molar-refractivity contribution in [3.8, 4) is 0 Å². The molecular formula is C20H23N7OS. The number of aryl methyl sites for hydroxylation is 1. The van der Waals surface area contributed by atoms with E-state index in [0.29, 0.717) is 5.92 Å². The van der Waals surface area contributed by atoms with Crippen LogP contribution < -0.4 is 5.32 Å². The monoisotopic (exact) mass is 409 g/mol. The topological polar surface area (TPSA) is 99.7 Å². The van der Waals surface area contributed by atoms with Crippen LogP contribution in [0, 0.1) is 12.8 Å². The Bertz CT molecular complexity index is 982. The highest BCUT2D eigenvalue weighted by Gasteiger charge is 2.23. The molecule has 29 heavy (non-hydrogen) atoms. The van der Waals surface area contributed by atoms with Gasteiger partial charge in [-0.3, -0.25) is 4.79 Å². The minimum Gasteiger partial charge on any atom is -0.345 e. The zero-order chi connectivity index (χ0) is 20.1. The van der Waals surface area contributed by atoms with Gasteiger partial charge in [0.1, 0.15) is 12.1 Å². The molecule has 9 heteroatoms. The zero-order valence-corrected chi connectivity index (χ0v) is 17.0. The van der Waals surface area contributed by atoms with E-state index in [-0.39, 0.29) is 5.91 Å². The maximum atomic E-state index is 12.5. The van der Waals surface area contributed by atoms with E-state index in [1.165, 1.54) is 0 Å². The number of rotatable bonds is 6. The molecule has 150 valence electrons. The van der Waals surface area contributed by atoms with Gasteiger partial charge in [-0.1, -0.05) is 0 Å². The molecule has 0 bridgehead atoms. The van der Waals surface area contributed by atoms with E-state index in [2.05, 4.69) is 30.2 Å². The summed E-state index contributed by atoms with van der Waals surface area (Å²) >= 11 is 1.59. The fourth-order valence-electron chi connectivity index (χ4n) is 3.45. The summed E-state index contributed by atoms with van der Waals surface area (Å²) in [7, 11) is 0. The predicted molar refractivity (Wildman–Crippen MR) is 113 cm³/mol. The quantitative estimate of drug-likeness (QED) is 0.607.